The minimum absolute atomic E-state index is 0.0489. The molecule has 0 aliphatic carbocycles. The van der Waals surface area contributed by atoms with Crippen molar-refractivity contribution >= 4 is 83.5 Å². The van der Waals surface area contributed by atoms with Gasteiger partial charge >= 0.3 is 5.97 Å². The van der Waals surface area contributed by atoms with Crippen LogP contribution in [0, 0.1) is 0 Å². The molecule has 0 radical (unpaired) electrons. The van der Waals surface area contributed by atoms with E-state index in [9.17, 15) is 58.8 Å². The summed E-state index contributed by atoms with van der Waals surface area (Å²) in [6.07, 6.45) is -1.01. The number of hydrogen-bond acceptors (Lipinski definition) is 15. The van der Waals surface area contributed by atoms with Gasteiger partial charge in [0, 0.05) is 40.4 Å². The van der Waals surface area contributed by atoms with Gasteiger partial charge in [0.25, 0.3) is 0 Å². The Hall–Kier alpha value is -6.70. The number of unbranched alkanes of at least 4 members (excludes halogenated alkanes) is 1. The number of nitrogens with one attached hydrogen (secondary N) is 8. The number of thiol groups is 2. The number of aromatic nitrogens is 1. The molecule has 22 nitrogen and oxygen atoms in total. The number of aromatic amines is 1. The number of aromatic hydroxyl groups is 1. The van der Waals surface area contributed by atoms with Crippen molar-refractivity contribution in [2.24, 2.45) is 11.5 Å². The molecule has 0 bridgehead atoms. The van der Waals surface area contributed by atoms with E-state index in [4.69, 9.17) is 11.5 Å². The first-order chi connectivity index (χ1) is 35.4. The maximum atomic E-state index is 14.7. The number of rotatable bonds is 29. The van der Waals surface area contributed by atoms with Crippen molar-refractivity contribution in [3.05, 3.63) is 102 Å². The van der Waals surface area contributed by atoms with Crippen LogP contribution in [0.15, 0.2) is 85.1 Å². The van der Waals surface area contributed by atoms with E-state index < -0.39 is 113 Å². The van der Waals surface area contributed by atoms with E-state index >= 15 is 0 Å². The minimum atomic E-state index is -1.76. The molecule has 75 heavy (non-hydrogen) atoms. The van der Waals surface area contributed by atoms with Gasteiger partial charge in [0.15, 0.2) is 6.04 Å². The average molecular weight is 1080 g/mol. The lowest BCUT2D eigenvalue weighted by Gasteiger charge is -2.33. The molecule has 4 aromatic rings. The lowest BCUT2D eigenvalue weighted by molar-refractivity contribution is -0.145. The molecule has 16 N–H and O–H groups in total. The number of carboxylic acid groups (broad SMARTS) is 1. The van der Waals surface area contributed by atoms with Gasteiger partial charge in [0.2, 0.25) is 41.4 Å². The molecule has 0 saturated heterocycles. The summed E-state index contributed by atoms with van der Waals surface area (Å²) >= 11 is 8.72. The van der Waals surface area contributed by atoms with Gasteiger partial charge in [-0.15, -0.1) is 0 Å². The molecular formula is C51H70N10O12S2. The Balaban J connectivity index is 1.65. The van der Waals surface area contributed by atoms with Crippen molar-refractivity contribution in [1.82, 2.24) is 42.2 Å². The molecule has 4 rings (SSSR count). The number of carboxylic acids is 1. The third-order valence-electron chi connectivity index (χ3n) is 12.1. The van der Waals surface area contributed by atoms with Crippen molar-refractivity contribution in [1.29, 1.82) is 0 Å². The Kier molecular flexibility index (Phi) is 23.4. The second kappa shape index (κ2) is 28.8. The Labute approximate surface area is 445 Å². The van der Waals surface area contributed by atoms with E-state index in [1.54, 1.807) is 48.7 Å². The van der Waals surface area contributed by atoms with Crippen molar-refractivity contribution in [3.8, 4) is 5.75 Å². The van der Waals surface area contributed by atoms with Crippen LogP contribution in [0.1, 0.15) is 63.6 Å². The highest BCUT2D eigenvalue weighted by Crippen LogP contribution is 2.21. The van der Waals surface area contributed by atoms with Gasteiger partial charge < -0.3 is 74.1 Å². The molecule has 0 fully saturated rings. The van der Waals surface area contributed by atoms with Crippen molar-refractivity contribution in [3.63, 3.8) is 0 Å². The number of para-hydroxylation sites is 1. The van der Waals surface area contributed by atoms with Gasteiger partial charge in [-0.05, 0) is 94.8 Å². The molecule has 1 heterocycles. The van der Waals surface area contributed by atoms with Gasteiger partial charge in [0.1, 0.15) is 42.0 Å². The molecule has 10 atom stereocenters. The zero-order valence-electron chi connectivity index (χ0n) is 42.1. The zero-order chi connectivity index (χ0) is 55.6. The van der Waals surface area contributed by atoms with Gasteiger partial charge in [0.05, 0.1) is 18.2 Å². The van der Waals surface area contributed by atoms with Crippen molar-refractivity contribution < 1.29 is 58.8 Å². The Morgan fingerprint density at radius 2 is 1.13 bits per heavy atom. The summed E-state index contributed by atoms with van der Waals surface area (Å²) in [7, 11) is 0. The third-order valence-corrected chi connectivity index (χ3v) is 12.8. The summed E-state index contributed by atoms with van der Waals surface area (Å²) in [5.74, 6) is -8.07. The maximum Gasteiger partial charge on any atom is 0.328 e. The van der Waals surface area contributed by atoms with Crippen LogP contribution in [0.2, 0.25) is 0 Å². The monoisotopic (exact) mass is 1080 g/mol. The maximum absolute atomic E-state index is 14.7. The summed E-state index contributed by atoms with van der Waals surface area (Å²) in [4.78, 5) is 113. The molecule has 0 spiro atoms. The summed E-state index contributed by atoms with van der Waals surface area (Å²) < 4.78 is -1.37. The highest BCUT2D eigenvalue weighted by atomic mass is 32.1. The number of fused-ring (bicyclic) bond motifs is 1. The number of amides is 7. The second-order valence-corrected chi connectivity index (χ2v) is 20.3. The number of aliphatic carboxylic acids is 1. The van der Waals surface area contributed by atoms with E-state index in [1.807, 2.05) is 12.1 Å². The fraction of sp³-hybridized carbons (Fsp3) is 0.451. The fourth-order valence-corrected chi connectivity index (χ4v) is 8.34. The van der Waals surface area contributed by atoms with E-state index in [0.717, 1.165) is 12.5 Å². The number of hydrogen-bond donors (Lipinski definition) is 16. The smallest absolute Gasteiger partial charge is 0.328 e. The highest BCUT2D eigenvalue weighted by Gasteiger charge is 2.40. The number of nitrogens with two attached hydrogens (primary N) is 2. The number of aliphatic hydroxyl groups excluding tert-OH is 2. The first-order valence-corrected chi connectivity index (χ1v) is 25.4. The molecule has 1 aromatic heterocycles. The standard InChI is InChI=1S/C51H70N10O12S2/c1-27(62)40(48(70)61-42(51(3,4)75)49(71)60-41(28(2)63)50(72)73)59-44(66)36(16-10-11-21-52)55-46(68)38(24-31-25-54-35-15-9-8-14-33(31)35)57-45(67)37(23-30-17-19-32(64)20-18-30)56-47(69)39(26-74)58-43(65)34(53)22-29-12-6-5-7-13-29/h5-9,12-15,17-20,25,27-28,34,36-42,54,62-64,74-75H,10-11,16,21-24,26,52-53H2,1-4H3,(H,55,68)(H,56,69)(H,57,67)(H,58,65)(H,59,66)(H,60,71)(H,61,70)(H,72,73)/t27-,28-,34-,36+,37+,38-,39+,40+,41+,42-/m1/s1. The lowest BCUT2D eigenvalue weighted by atomic mass is 9.99. The van der Waals surface area contributed by atoms with Crippen LogP contribution < -0.4 is 48.7 Å². The summed E-state index contributed by atoms with van der Waals surface area (Å²) in [5, 5.41) is 58.8. The van der Waals surface area contributed by atoms with Gasteiger partial charge in [-0.1, -0.05) is 60.7 Å². The Morgan fingerprint density at radius 3 is 1.71 bits per heavy atom. The largest absolute Gasteiger partial charge is 0.508 e. The molecule has 0 aliphatic rings. The van der Waals surface area contributed by atoms with Crippen LogP contribution in [0.5, 0.6) is 5.75 Å². The molecule has 0 aliphatic heterocycles. The first kappa shape index (κ1) is 60.9. The van der Waals surface area contributed by atoms with Crippen LogP contribution in [-0.2, 0) is 57.6 Å². The quantitative estimate of drug-likeness (QED) is 0.0235. The number of benzene rings is 3. The summed E-state index contributed by atoms with van der Waals surface area (Å²) in [5.41, 5.74) is 14.6. The fourth-order valence-electron chi connectivity index (χ4n) is 7.90. The Bertz CT molecular complexity index is 2580. The predicted octanol–water partition coefficient (Wildman–Crippen LogP) is -0.764. The van der Waals surface area contributed by atoms with Crippen LogP contribution in [0.3, 0.4) is 0 Å². The first-order valence-electron chi connectivity index (χ1n) is 24.3. The number of carbonyl (C=O) groups excluding carboxylic acids is 7. The van der Waals surface area contributed by atoms with Crippen LogP contribution >= 0.6 is 25.3 Å². The molecule has 408 valence electrons. The minimum Gasteiger partial charge on any atom is -0.508 e. The van der Waals surface area contributed by atoms with E-state index in [0.29, 0.717) is 28.5 Å². The van der Waals surface area contributed by atoms with E-state index in [-0.39, 0.29) is 50.2 Å². The molecule has 24 heteroatoms. The van der Waals surface area contributed by atoms with E-state index in [2.05, 4.69) is 67.5 Å². The van der Waals surface area contributed by atoms with Crippen molar-refractivity contribution in [2.75, 3.05) is 12.3 Å². The molecular weight excluding hydrogens is 1010 g/mol. The van der Waals surface area contributed by atoms with Crippen molar-refractivity contribution in [2.45, 2.75) is 132 Å². The summed E-state index contributed by atoms with van der Waals surface area (Å²) in [6, 6.07) is 10.3. The average Bonchev–Trinajstić information content (AvgIpc) is 3.77. The normalized spacial score (nSPS) is 15.5. The van der Waals surface area contributed by atoms with Crippen LogP contribution in [0.25, 0.3) is 10.9 Å². The number of H-pyrrole nitrogens is 1. The highest BCUT2D eigenvalue weighted by molar-refractivity contribution is 7.81. The topological polar surface area (TPSA) is 370 Å². The Morgan fingerprint density at radius 1 is 0.613 bits per heavy atom. The molecule has 0 unspecified atom stereocenters. The van der Waals surface area contributed by atoms with Gasteiger partial charge in [-0.3, -0.25) is 33.6 Å². The SMILES string of the molecule is C[C@@H](O)[C@H](NC(=O)[C@@H](NC(=O)[C@@H](NC(=O)[C@H](CCCCN)NC(=O)[C@@H](Cc1c[nH]c2ccccc12)NC(=O)[C@H](Cc1ccc(O)cc1)NC(=O)[C@H](CS)NC(=O)[C@H](N)Cc1ccccc1)[C@@H](C)O)C(C)(C)S)C(=O)O. The number of phenolic OH excluding ortho intramolecular Hbond substituents is 1. The van der Waals surface area contributed by atoms with Crippen LogP contribution in [-0.4, -0.2) is 150 Å². The molecule has 0 saturated carbocycles. The number of phenols is 1. The molecule has 7 amide bonds. The number of aliphatic hydroxyl groups is 2. The lowest BCUT2D eigenvalue weighted by Crippen LogP contribution is -2.64. The second-order valence-electron chi connectivity index (χ2n) is 18.8. The molecule has 3 aromatic carbocycles. The zero-order valence-corrected chi connectivity index (χ0v) is 43.9. The van der Waals surface area contributed by atoms with Crippen LogP contribution in [0.4, 0.5) is 0 Å². The number of carbonyl (C=O) groups is 8. The third kappa shape index (κ3) is 18.6. The van der Waals surface area contributed by atoms with Gasteiger partial charge in [-0.25, -0.2) is 4.79 Å². The van der Waals surface area contributed by atoms with Gasteiger partial charge in [-0.2, -0.15) is 25.3 Å². The summed E-state index contributed by atoms with van der Waals surface area (Å²) in [6.45, 7) is 5.43. The van der Waals surface area contributed by atoms with E-state index in [1.165, 1.54) is 45.0 Å². The predicted molar refractivity (Wildman–Crippen MR) is 286 cm³/mol.